The van der Waals surface area contributed by atoms with Gasteiger partial charge in [-0.05, 0) is 64.1 Å². The largest absolute Gasteiger partial charge is 0.444 e. The van der Waals surface area contributed by atoms with Gasteiger partial charge in [-0.3, -0.25) is 10.6 Å². The summed E-state index contributed by atoms with van der Waals surface area (Å²) in [6.07, 6.45) is -0.0589. The van der Waals surface area contributed by atoms with Crippen LogP contribution in [0.1, 0.15) is 41.5 Å². The Morgan fingerprint density at radius 2 is 1.26 bits per heavy atom. The Hall–Kier alpha value is -1.65. The van der Waals surface area contributed by atoms with E-state index in [0.717, 1.165) is 0 Å². The van der Waals surface area contributed by atoms with Crippen molar-refractivity contribution < 1.29 is 19.1 Å². The highest BCUT2D eigenvalue weighted by Gasteiger charge is 2.21. The molecule has 0 radical (unpaired) electrons. The summed E-state index contributed by atoms with van der Waals surface area (Å²) in [5.74, 6) is 0.474. The monoisotopic (exact) mass is 436 g/mol. The molecule has 1 aromatic rings. The number of carbonyl (C=O) groups excluding carboxylic acids is 2. The predicted octanol–water partition coefficient (Wildman–Crippen LogP) is 3.78. The number of nitrogens with zero attached hydrogens (tertiary/aromatic N) is 2. The topological polar surface area (TPSA) is 102 Å². The first-order valence-corrected chi connectivity index (χ1v) is 7.96. The molecule has 0 unspecified atom stereocenters. The standard InChI is InChI=1S/C14H21IN4O4/c1-13(2,3)22-11(20)18-9-8(15)10(17-7-16-9)19-12(21)23-14(4,5)6/h7H,1-6H3,(H2,16,17,18,19,20,21). The summed E-state index contributed by atoms with van der Waals surface area (Å²) in [5, 5.41) is 5.03. The van der Waals surface area contributed by atoms with Gasteiger partial charge in [-0.25, -0.2) is 19.6 Å². The maximum atomic E-state index is 11.8. The Balaban J connectivity index is 2.82. The quantitative estimate of drug-likeness (QED) is 0.685. The van der Waals surface area contributed by atoms with E-state index in [2.05, 4.69) is 20.6 Å². The van der Waals surface area contributed by atoms with Crippen LogP contribution in [-0.2, 0) is 9.47 Å². The van der Waals surface area contributed by atoms with E-state index in [1.807, 2.05) is 22.6 Å². The number of anilines is 2. The van der Waals surface area contributed by atoms with Gasteiger partial charge < -0.3 is 9.47 Å². The Morgan fingerprint density at radius 3 is 1.57 bits per heavy atom. The van der Waals surface area contributed by atoms with Crippen molar-refractivity contribution in [3.05, 3.63) is 9.90 Å². The Kier molecular flexibility index (Phi) is 6.14. The van der Waals surface area contributed by atoms with Gasteiger partial charge in [0.25, 0.3) is 0 Å². The molecule has 0 fully saturated rings. The average molecular weight is 436 g/mol. The lowest BCUT2D eigenvalue weighted by Crippen LogP contribution is -2.29. The molecular weight excluding hydrogens is 415 g/mol. The number of nitrogens with one attached hydrogen (secondary N) is 2. The van der Waals surface area contributed by atoms with Crippen molar-refractivity contribution in [3.8, 4) is 0 Å². The molecule has 128 valence electrons. The number of halogens is 1. The SMILES string of the molecule is CC(C)(C)OC(=O)Nc1ncnc(NC(=O)OC(C)(C)C)c1I. The number of aromatic nitrogens is 2. The summed E-state index contributed by atoms with van der Waals surface area (Å²) >= 11 is 1.92. The summed E-state index contributed by atoms with van der Waals surface area (Å²) in [7, 11) is 0. The number of ether oxygens (including phenoxy) is 2. The minimum Gasteiger partial charge on any atom is -0.444 e. The lowest BCUT2D eigenvalue weighted by Gasteiger charge is -2.20. The molecule has 23 heavy (non-hydrogen) atoms. The third-order valence-corrected chi connectivity index (χ3v) is 3.05. The molecule has 0 aliphatic rings. The van der Waals surface area contributed by atoms with Gasteiger partial charge in [0, 0.05) is 0 Å². The molecule has 2 N–H and O–H groups in total. The van der Waals surface area contributed by atoms with E-state index in [-0.39, 0.29) is 11.6 Å². The van der Waals surface area contributed by atoms with Gasteiger partial charge in [0.2, 0.25) is 0 Å². The van der Waals surface area contributed by atoms with Gasteiger partial charge >= 0.3 is 12.2 Å². The van der Waals surface area contributed by atoms with Gasteiger partial charge in [-0.1, -0.05) is 0 Å². The van der Waals surface area contributed by atoms with E-state index in [4.69, 9.17) is 9.47 Å². The van der Waals surface area contributed by atoms with E-state index in [9.17, 15) is 9.59 Å². The molecule has 2 amide bonds. The number of amides is 2. The highest BCUT2D eigenvalue weighted by atomic mass is 127. The van der Waals surface area contributed by atoms with E-state index in [1.165, 1.54) is 6.33 Å². The first-order valence-electron chi connectivity index (χ1n) is 6.88. The number of hydrogen-bond acceptors (Lipinski definition) is 6. The van der Waals surface area contributed by atoms with E-state index < -0.39 is 23.4 Å². The van der Waals surface area contributed by atoms with Crippen LogP contribution in [0.15, 0.2) is 6.33 Å². The first-order chi connectivity index (χ1) is 10.4. The molecule has 1 aromatic heterocycles. The van der Waals surface area contributed by atoms with Gasteiger partial charge in [0.15, 0.2) is 11.6 Å². The lowest BCUT2D eigenvalue weighted by molar-refractivity contribution is 0.0625. The molecule has 0 saturated heterocycles. The fraction of sp³-hybridized carbons (Fsp3) is 0.571. The molecule has 0 aliphatic carbocycles. The molecule has 0 spiro atoms. The second-order valence-corrected chi connectivity index (χ2v) is 7.72. The molecule has 0 aromatic carbocycles. The first kappa shape index (κ1) is 19.4. The number of rotatable bonds is 2. The second kappa shape index (κ2) is 7.28. The molecule has 0 aliphatic heterocycles. The zero-order valence-electron chi connectivity index (χ0n) is 14.0. The van der Waals surface area contributed by atoms with E-state index >= 15 is 0 Å². The molecule has 1 rings (SSSR count). The molecule has 8 nitrogen and oxygen atoms in total. The van der Waals surface area contributed by atoms with Gasteiger partial charge in [-0.15, -0.1) is 0 Å². The van der Waals surface area contributed by atoms with Crippen LogP contribution in [0.25, 0.3) is 0 Å². The fourth-order valence-corrected chi connectivity index (χ4v) is 1.89. The smallest absolute Gasteiger partial charge is 0.413 e. The highest BCUT2D eigenvalue weighted by molar-refractivity contribution is 14.1. The lowest BCUT2D eigenvalue weighted by atomic mass is 10.2. The molecule has 9 heteroatoms. The van der Waals surface area contributed by atoms with Crippen LogP contribution < -0.4 is 10.6 Å². The van der Waals surface area contributed by atoms with Crippen LogP contribution in [0, 0.1) is 3.57 Å². The number of hydrogen-bond donors (Lipinski definition) is 2. The van der Waals surface area contributed by atoms with Crippen molar-refractivity contribution in [2.45, 2.75) is 52.7 Å². The molecular formula is C14H21IN4O4. The highest BCUT2D eigenvalue weighted by Crippen LogP contribution is 2.23. The van der Waals surface area contributed by atoms with Crippen LogP contribution in [-0.4, -0.2) is 33.4 Å². The van der Waals surface area contributed by atoms with Gasteiger partial charge in [0.1, 0.15) is 17.5 Å². The summed E-state index contributed by atoms with van der Waals surface area (Å²) in [5.41, 5.74) is -1.25. The minimum absolute atomic E-state index is 0.237. The van der Waals surface area contributed by atoms with Crippen molar-refractivity contribution in [2.24, 2.45) is 0 Å². The summed E-state index contributed by atoms with van der Waals surface area (Å²) < 4.78 is 10.8. The maximum absolute atomic E-state index is 11.8. The molecule has 0 bridgehead atoms. The minimum atomic E-state index is -0.641. The fourth-order valence-electron chi connectivity index (χ4n) is 1.34. The van der Waals surface area contributed by atoms with E-state index in [0.29, 0.717) is 3.57 Å². The maximum Gasteiger partial charge on any atom is 0.413 e. The van der Waals surface area contributed by atoms with Crippen molar-refractivity contribution in [3.63, 3.8) is 0 Å². The summed E-state index contributed by atoms with van der Waals surface area (Å²) in [6, 6.07) is 0. The van der Waals surface area contributed by atoms with E-state index in [1.54, 1.807) is 41.5 Å². The zero-order chi connectivity index (χ0) is 17.8. The van der Waals surface area contributed by atoms with Crippen molar-refractivity contribution >= 4 is 46.4 Å². The normalized spacial score (nSPS) is 11.6. The number of carbonyl (C=O) groups is 2. The summed E-state index contributed by atoms with van der Waals surface area (Å²) in [6.45, 7) is 10.5. The zero-order valence-corrected chi connectivity index (χ0v) is 16.1. The third kappa shape index (κ3) is 7.44. The summed E-state index contributed by atoms with van der Waals surface area (Å²) in [4.78, 5) is 31.5. The molecule has 0 atom stereocenters. The van der Waals surface area contributed by atoms with Gasteiger partial charge in [0.05, 0.1) is 3.57 Å². The average Bonchev–Trinajstić information content (AvgIpc) is 2.29. The Bertz CT molecular complexity index is 545. The van der Waals surface area contributed by atoms with Crippen LogP contribution in [0.2, 0.25) is 0 Å². The van der Waals surface area contributed by atoms with Crippen LogP contribution in [0.4, 0.5) is 21.2 Å². The second-order valence-electron chi connectivity index (χ2n) is 6.64. The Labute approximate surface area is 148 Å². The van der Waals surface area contributed by atoms with Gasteiger partial charge in [-0.2, -0.15) is 0 Å². The van der Waals surface area contributed by atoms with Crippen molar-refractivity contribution in [2.75, 3.05) is 10.6 Å². The van der Waals surface area contributed by atoms with Crippen molar-refractivity contribution in [1.29, 1.82) is 0 Å². The third-order valence-electron chi connectivity index (χ3n) is 2.03. The molecule has 1 heterocycles. The van der Waals surface area contributed by atoms with Crippen molar-refractivity contribution in [1.82, 2.24) is 9.97 Å². The molecule has 0 saturated carbocycles. The predicted molar refractivity (Wildman–Crippen MR) is 94.5 cm³/mol. The van der Waals surface area contributed by atoms with Crippen LogP contribution in [0.3, 0.4) is 0 Å². The van der Waals surface area contributed by atoms with Crippen LogP contribution in [0.5, 0.6) is 0 Å². The Morgan fingerprint density at radius 1 is 0.913 bits per heavy atom. The van der Waals surface area contributed by atoms with Crippen LogP contribution >= 0.6 is 22.6 Å².